The van der Waals surface area contributed by atoms with Gasteiger partial charge in [0.1, 0.15) is 0 Å². The highest BCUT2D eigenvalue weighted by Crippen LogP contribution is 2.35. The second-order valence-electron chi connectivity index (χ2n) is 4.40. The maximum absolute atomic E-state index is 12.1. The van der Waals surface area contributed by atoms with Crippen LogP contribution in [0, 0.1) is 0 Å². The maximum atomic E-state index is 12.1. The van der Waals surface area contributed by atoms with Gasteiger partial charge in [-0.05, 0) is 13.8 Å². The summed E-state index contributed by atoms with van der Waals surface area (Å²) < 4.78 is 1.01. The molecule has 0 saturated heterocycles. The van der Waals surface area contributed by atoms with Crippen molar-refractivity contribution in [2.45, 2.75) is 25.3 Å². The molecule has 0 amide bonds. The van der Waals surface area contributed by atoms with Crippen LogP contribution in [-0.2, 0) is 5.72 Å². The lowest BCUT2D eigenvalue weighted by Crippen LogP contribution is -2.52. The van der Waals surface area contributed by atoms with Gasteiger partial charge in [-0.15, -0.1) is 0 Å². The van der Waals surface area contributed by atoms with E-state index in [1.54, 1.807) is 0 Å². The van der Waals surface area contributed by atoms with Crippen molar-refractivity contribution in [3.05, 3.63) is 16.7 Å². The van der Waals surface area contributed by atoms with Crippen LogP contribution in [0.4, 0.5) is 5.95 Å². The number of nitrogens with one attached hydrogen (secondary N) is 2. The van der Waals surface area contributed by atoms with Crippen molar-refractivity contribution in [3.8, 4) is 0 Å². The quantitative estimate of drug-likeness (QED) is 0.463. The van der Waals surface area contributed by atoms with Gasteiger partial charge in [0.15, 0.2) is 22.6 Å². The Bertz CT molecular complexity index is 669. The Labute approximate surface area is 94.9 Å². The summed E-state index contributed by atoms with van der Waals surface area (Å²) in [5, 5.41) is 22.8. The molecule has 90 valence electrons. The zero-order chi connectivity index (χ0) is 12.4. The van der Waals surface area contributed by atoms with E-state index in [0.29, 0.717) is 0 Å². The van der Waals surface area contributed by atoms with Gasteiger partial charge >= 0.3 is 0 Å². The molecule has 8 heteroatoms. The number of H-pyrrole nitrogens is 1. The van der Waals surface area contributed by atoms with Crippen LogP contribution in [0.3, 0.4) is 0 Å². The van der Waals surface area contributed by atoms with Crippen molar-refractivity contribution in [2.24, 2.45) is 0 Å². The fourth-order valence-electron chi connectivity index (χ4n) is 1.93. The molecule has 0 saturated carbocycles. The summed E-state index contributed by atoms with van der Waals surface area (Å²) in [5.74, 6) is 0.0876. The molecule has 0 aliphatic carbocycles. The minimum Gasteiger partial charge on any atom is -0.367 e. The van der Waals surface area contributed by atoms with Gasteiger partial charge in [0.2, 0.25) is 5.95 Å². The standard InChI is InChI=1S/C9H11N5O3/c1-8(16)9(2,17)14-6(15)4-5(11-3-10-4)12-7(14)13-8/h3,16-17H,1-2H3,(H,10,11)(H,12,13). The van der Waals surface area contributed by atoms with Crippen LogP contribution in [-0.4, -0.2) is 35.5 Å². The first-order valence-corrected chi connectivity index (χ1v) is 5.04. The van der Waals surface area contributed by atoms with E-state index in [0.717, 1.165) is 4.57 Å². The highest BCUT2D eigenvalue weighted by Gasteiger charge is 2.52. The molecule has 0 radical (unpaired) electrons. The predicted molar refractivity (Wildman–Crippen MR) is 58.3 cm³/mol. The first-order chi connectivity index (χ1) is 7.84. The Morgan fingerprint density at radius 3 is 2.82 bits per heavy atom. The highest BCUT2D eigenvalue weighted by molar-refractivity contribution is 5.70. The number of hydrogen-bond acceptors (Lipinski definition) is 6. The van der Waals surface area contributed by atoms with Gasteiger partial charge in [0.25, 0.3) is 5.56 Å². The number of anilines is 1. The average Bonchev–Trinajstić information content (AvgIpc) is 2.69. The molecule has 0 spiro atoms. The molecular formula is C9H11N5O3. The molecule has 17 heavy (non-hydrogen) atoms. The highest BCUT2D eigenvalue weighted by atomic mass is 16.4. The number of aromatic amines is 1. The van der Waals surface area contributed by atoms with E-state index in [1.807, 2.05) is 0 Å². The third kappa shape index (κ3) is 1.06. The van der Waals surface area contributed by atoms with Gasteiger partial charge in [0, 0.05) is 0 Å². The summed E-state index contributed by atoms with van der Waals surface area (Å²) in [6.45, 7) is 2.70. The first-order valence-electron chi connectivity index (χ1n) is 5.04. The Morgan fingerprint density at radius 1 is 1.41 bits per heavy atom. The SMILES string of the molecule is CC1(O)Nc2nc3nc[nH]c3c(=O)n2C1(C)O. The van der Waals surface area contributed by atoms with Crippen LogP contribution in [0.25, 0.3) is 11.2 Å². The lowest BCUT2D eigenvalue weighted by molar-refractivity contribution is -0.152. The molecule has 3 heterocycles. The molecule has 4 N–H and O–H groups in total. The van der Waals surface area contributed by atoms with Crippen LogP contribution in [0.1, 0.15) is 13.8 Å². The summed E-state index contributed by atoms with van der Waals surface area (Å²) in [4.78, 5) is 22.7. The normalized spacial score (nSPS) is 31.5. The minimum absolute atomic E-state index is 0.0876. The largest absolute Gasteiger partial charge is 0.367 e. The monoisotopic (exact) mass is 237 g/mol. The topological polar surface area (TPSA) is 116 Å². The Morgan fingerprint density at radius 2 is 2.12 bits per heavy atom. The molecule has 2 aromatic heterocycles. The van der Waals surface area contributed by atoms with E-state index in [1.165, 1.54) is 20.2 Å². The van der Waals surface area contributed by atoms with Crippen LogP contribution < -0.4 is 10.9 Å². The summed E-state index contributed by atoms with van der Waals surface area (Å²) in [6.07, 6.45) is 1.35. The van der Waals surface area contributed by atoms with Gasteiger partial charge in [-0.2, -0.15) is 4.98 Å². The minimum atomic E-state index is -1.79. The van der Waals surface area contributed by atoms with Crippen molar-refractivity contribution in [3.63, 3.8) is 0 Å². The zero-order valence-electron chi connectivity index (χ0n) is 9.22. The molecule has 0 bridgehead atoms. The van der Waals surface area contributed by atoms with Crippen molar-refractivity contribution in [1.82, 2.24) is 19.5 Å². The van der Waals surface area contributed by atoms with Gasteiger partial charge < -0.3 is 20.5 Å². The second kappa shape index (κ2) is 2.66. The van der Waals surface area contributed by atoms with Crippen LogP contribution >= 0.6 is 0 Å². The average molecular weight is 237 g/mol. The third-order valence-electron chi connectivity index (χ3n) is 3.17. The number of aromatic nitrogens is 4. The molecule has 2 unspecified atom stereocenters. The molecule has 2 atom stereocenters. The van der Waals surface area contributed by atoms with Gasteiger partial charge in [-0.3, -0.25) is 4.79 Å². The smallest absolute Gasteiger partial charge is 0.283 e. The Balaban J connectivity index is 2.44. The van der Waals surface area contributed by atoms with Gasteiger partial charge in [-0.1, -0.05) is 0 Å². The van der Waals surface area contributed by atoms with Crippen molar-refractivity contribution >= 4 is 17.1 Å². The first kappa shape index (κ1) is 10.2. The molecule has 3 rings (SSSR count). The van der Waals surface area contributed by atoms with E-state index >= 15 is 0 Å². The van der Waals surface area contributed by atoms with E-state index in [4.69, 9.17) is 0 Å². The predicted octanol–water partition coefficient (Wildman–Crippen LogP) is -1.08. The number of fused-ring (bicyclic) bond motifs is 2. The molecule has 0 fully saturated rings. The molecule has 0 aromatic carbocycles. The third-order valence-corrected chi connectivity index (χ3v) is 3.17. The number of nitrogens with zero attached hydrogens (tertiary/aromatic N) is 3. The van der Waals surface area contributed by atoms with E-state index in [2.05, 4.69) is 20.3 Å². The van der Waals surface area contributed by atoms with E-state index in [9.17, 15) is 15.0 Å². The Kier molecular flexibility index (Phi) is 1.60. The number of aliphatic hydroxyl groups is 2. The fraction of sp³-hybridized carbons (Fsp3) is 0.444. The molecule has 1 aliphatic rings. The van der Waals surface area contributed by atoms with Crippen LogP contribution in [0.5, 0.6) is 0 Å². The maximum Gasteiger partial charge on any atom is 0.283 e. The second-order valence-corrected chi connectivity index (χ2v) is 4.40. The molecular weight excluding hydrogens is 226 g/mol. The van der Waals surface area contributed by atoms with Gasteiger partial charge in [0.05, 0.1) is 6.33 Å². The van der Waals surface area contributed by atoms with Crippen LogP contribution in [0.15, 0.2) is 11.1 Å². The number of imidazole rings is 1. The summed E-state index contributed by atoms with van der Waals surface area (Å²) in [5.41, 5.74) is -3.52. The lowest BCUT2D eigenvalue weighted by Gasteiger charge is -2.30. The Hall–Kier alpha value is -1.93. The summed E-state index contributed by atoms with van der Waals surface area (Å²) in [6, 6.07) is 0. The summed E-state index contributed by atoms with van der Waals surface area (Å²) >= 11 is 0. The van der Waals surface area contributed by atoms with E-state index in [-0.39, 0.29) is 17.1 Å². The lowest BCUT2D eigenvalue weighted by atomic mass is 10.1. The van der Waals surface area contributed by atoms with E-state index < -0.39 is 17.0 Å². The fourth-order valence-corrected chi connectivity index (χ4v) is 1.93. The molecule has 8 nitrogen and oxygen atoms in total. The van der Waals surface area contributed by atoms with Gasteiger partial charge in [-0.25, -0.2) is 9.55 Å². The molecule has 2 aromatic rings. The van der Waals surface area contributed by atoms with Crippen molar-refractivity contribution < 1.29 is 10.2 Å². The molecule has 1 aliphatic heterocycles. The zero-order valence-corrected chi connectivity index (χ0v) is 9.22. The van der Waals surface area contributed by atoms with Crippen molar-refractivity contribution in [2.75, 3.05) is 5.32 Å². The van der Waals surface area contributed by atoms with Crippen LogP contribution in [0.2, 0.25) is 0 Å². The number of hydrogen-bond donors (Lipinski definition) is 4. The number of rotatable bonds is 0. The summed E-state index contributed by atoms with van der Waals surface area (Å²) in [7, 11) is 0. The van der Waals surface area contributed by atoms with Crippen molar-refractivity contribution in [1.29, 1.82) is 0 Å².